The van der Waals surface area contributed by atoms with Crippen LogP contribution in [0.4, 0.5) is 11.5 Å². The van der Waals surface area contributed by atoms with Gasteiger partial charge in [-0.25, -0.2) is 8.42 Å². The number of amides is 1. The maximum Gasteiger partial charge on any atom is 0.243 e. The van der Waals surface area contributed by atoms with Crippen molar-refractivity contribution in [2.24, 2.45) is 0 Å². The molecule has 3 aromatic rings. The van der Waals surface area contributed by atoms with Gasteiger partial charge in [-0.05, 0) is 49.7 Å². The fraction of sp³-hybridized carbons (Fsp3) is 0.400. The Bertz CT molecular complexity index is 1180. The van der Waals surface area contributed by atoms with Crippen LogP contribution in [-0.4, -0.2) is 64.6 Å². The van der Waals surface area contributed by atoms with E-state index in [1.807, 2.05) is 26.0 Å². The van der Waals surface area contributed by atoms with Gasteiger partial charge in [0.25, 0.3) is 0 Å². The van der Waals surface area contributed by atoms with Gasteiger partial charge in [0.2, 0.25) is 15.9 Å². The SMILES string of the molecule is CCCC(=O)Nc1ccc(S(=O)(=O)N2CCN(c3ccc4nnc(C)n4n3)CC2)cc1. The zero-order valence-electron chi connectivity index (χ0n) is 17.5. The molecule has 11 heteroatoms. The molecule has 1 aliphatic heterocycles. The van der Waals surface area contributed by atoms with Crippen LogP contribution in [0.1, 0.15) is 25.6 Å². The van der Waals surface area contributed by atoms with Crippen molar-refractivity contribution in [3.05, 3.63) is 42.2 Å². The summed E-state index contributed by atoms with van der Waals surface area (Å²) in [5, 5.41) is 15.4. The van der Waals surface area contributed by atoms with Crippen LogP contribution in [0.3, 0.4) is 0 Å². The molecule has 10 nitrogen and oxygen atoms in total. The summed E-state index contributed by atoms with van der Waals surface area (Å²) in [6.45, 7) is 5.55. The van der Waals surface area contributed by atoms with E-state index < -0.39 is 10.0 Å². The Hall–Kier alpha value is -3.05. The highest BCUT2D eigenvalue weighted by molar-refractivity contribution is 7.89. The second-order valence-corrected chi connectivity index (χ2v) is 9.36. The van der Waals surface area contributed by atoms with E-state index in [1.165, 1.54) is 16.4 Å². The molecule has 0 unspecified atom stereocenters. The third-order valence-corrected chi connectivity index (χ3v) is 7.13. The van der Waals surface area contributed by atoms with Crippen LogP contribution < -0.4 is 10.2 Å². The molecule has 1 aromatic carbocycles. The van der Waals surface area contributed by atoms with Gasteiger partial charge in [0.1, 0.15) is 5.82 Å². The number of nitrogens with zero attached hydrogens (tertiary/aromatic N) is 6. The first kappa shape index (κ1) is 21.2. The van der Waals surface area contributed by atoms with Crippen molar-refractivity contribution < 1.29 is 13.2 Å². The number of hydrogen-bond acceptors (Lipinski definition) is 7. The van der Waals surface area contributed by atoms with Gasteiger partial charge >= 0.3 is 0 Å². The summed E-state index contributed by atoms with van der Waals surface area (Å²) in [4.78, 5) is 14.0. The number of aryl methyl sites for hydroxylation is 1. The van der Waals surface area contributed by atoms with Gasteiger partial charge in [-0.2, -0.15) is 8.82 Å². The molecule has 3 heterocycles. The minimum atomic E-state index is -3.61. The highest BCUT2D eigenvalue weighted by Gasteiger charge is 2.29. The quantitative estimate of drug-likeness (QED) is 0.617. The maximum atomic E-state index is 13.0. The minimum absolute atomic E-state index is 0.0808. The number of sulfonamides is 1. The summed E-state index contributed by atoms with van der Waals surface area (Å²) in [5.41, 5.74) is 1.27. The lowest BCUT2D eigenvalue weighted by Gasteiger charge is -2.34. The Labute approximate surface area is 180 Å². The average Bonchev–Trinajstić information content (AvgIpc) is 3.14. The standard InChI is InChI=1S/C20H25N7O3S/c1-3-4-20(28)21-16-5-7-17(8-6-16)31(29,30)26-13-11-25(12-14-26)19-10-9-18-23-22-15(2)27(18)24-19/h5-10H,3-4,11-14H2,1-2H3,(H,21,28). The van der Waals surface area contributed by atoms with Gasteiger partial charge in [0, 0.05) is 38.3 Å². The Morgan fingerprint density at radius 3 is 2.42 bits per heavy atom. The van der Waals surface area contributed by atoms with Crippen molar-refractivity contribution in [1.82, 2.24) is 24.1 Å². The fourth-order valence-corrected chi connectivity index (χ4v) is 4.94. The van der Waals surface area contributed by atoms with Crippen molar-refractivity contribution in [1.29, 1.82) is 0 Å². The van der Waals surface area contributed by atoms with E-state index in [0.29, 0.717) is 49.8 Å². The van der Waals surface area contributed by atoms with Crippen LogP contribution in [0.2, 0.25) is 0 Å². The van der Waals surface area contributed by atoms with E-state index in [1.54, 1.807) is 16.6 Å². The summed E-state index contributed by atoms with van der Waals surface area (Å²) in [6, 6.07) is 10.0. The van der Waals surface area contributed by atoms with Crippen molar-refractivity contribution in [2.75, 3.05) is 36.4 Å². The van der Waals surface area contributed by atoms with Crippen LogP contribution in [0.5, 0.6) is 0 Å². The Morgan fingerprint density at radius 1 is 1.03 bits per heavy atom. The number of carbonyl (C=O) groups is 1. The van der Waals surface area contributed by atoms with Gasteiger partial charge in [0.15, 0.2) is 11.5 Å². The van der Waals surface area contributed by atoms with E-state index in [0.717, 1.165) is 12.2 Å². The molecule has 4 rings (SSSR count). The van der Waals surface area contributed by atoms with Crippen LogP contribution in [0, 0.1) is 6.92 Å². The Balaban J connectivity index is 1.42. The predicted molar refractivity (Wildman–Crippen MR) is 116 cm³/mol. The maximum absolute atomic E-state index is 13.0. The van der Waals surface area contributed by atoms with E-state index in [2.05, 4.69) is 25.5 Å². The van der Waals surface area contributed by atoms with E-state index in [-0.39, 0.29) is 10.8 Å². The van der Waals surface area contributed by atoms with E-state index >= 15 is 0 Å². The molecule has 0 spiro atoms. The van der Waals surface area contributed by atoms with Crippen LogP contribution in [0.25, 0.3) is 5.65 Å². The molecule has 1 N–H and O–H groups in total. The molecule has 0 bridgehead atoms. The van der Waals surface area contributed by atoms with Crippen molar-refractivity contribution >= 4 is 33.1 Å². The summed E-state index contributed by atoms with van der Waals surface area (Å²) < 4.78 is 29.2. The van der Waals surface area contributed by atoms with Crippen molar-refractivity contribution in [3.8, 4) is 0 Å². The average molecular weight is 444 g/mol. The fourth-order valence-electron chi connectivity index (χ4n) is 3.52. The first-order chi connectivity index (χ1) is 14.9. The number of rotatable bonds is 6. The summed E-state index contributed by atoms with van der Waals surface area (Å²) in [7, 11) is -3.61. The molecular weight excluding hydrogens is 418 g/mol. The molecule has 0 atom stereocenters. The van der Waals surface area contributed by atoms with Crippen LogP contribution >= 0.6 is 0 Å². The number of anilines is 2. The number of benzene rings is 1. The Morgan fingerprint density at radius 2 is 1.74 bits per heavy atom. The molecule has 0 saturated carbocycles. The largest absolute Gasteiger partial charge is 0.353 e. The van der Waals surface area contributed by atoms with Gasteiger partial charge in [-0.1, -0.05) is 6.92 Å². The minimum Gasteiger partial charge on any atom is -0.353 e. The number of fused-ring (bicyclic) bond motifs is 1. The third kappa shape index (κ3) is 4.37. The summed E-state index contributed by atoms with van der Waals surface area (Å²) in [6.07, 6.45) is 1.19. The zero-order chi connectivity index (χ0) is 22.0. The van der Waals surface area contributed by atoms with Gasteiger partial charge in [-0.3, -0.25) is 4.79 Å². The first-order valence-electron chi connectivity index (χ1n) is 10.2. The Kier molecular flexibility index (Phi) is 5.88. The number of nitrogens with one attached hydrogen (secondary N) is 1. The predicted octanol–water partition coefficient (Wildman–Crippen LogP) is 1.68. The molecule has 164 valence electrons. The highest BCUT2D eigenvalue weighted by Crippen LogP contribution is 2.22. The van der Waals surface area contributed by atoms with Crippen molar-refractivity contribution in [3.63, 3.8) is 0 Å². The zero-order valence-corrected chi connectivity index (χ0v) is 18.3. The highest BCUT2D eigenvalue weighted by atomic mass is 32.2. The first-order valence-corrected chi connectivity index (χ1v) is 11.7. The molecule has 1 fully saturated rings. The molecule has 2 aromatic heterocycles. The summed E-state index contributed by atoms with van der Waals surface area (Å²) >= 11 is 0. The number of hydrogen-bond donors (Lipinski definition) is 1. The normalized spacial score (nSPS) is 15.4. The second-order valence-electron chi connectivity index (χ2n) is 7.42. The van der Waals surface area contributed by atoms with Crippen LogP contribution in [-0.2, 0) is 14.8 Å². The molecule has 1 saturated heterocycles. The number of aromatic nitrogens is 4. The van der Waals surface area contributed by atoms with Crippen molar-refractivity contribution in [2.45, 2.75) is 31.6 Å². The molecular formula is C20H25N7O3S. The van der Waals surface area contributed by atoms with Gasteiger partial charge in [-0.15, -0.1) is 15.3 Å². The van der Waals surface area contributed by atoms with Crippen LogP contribution in [0.15, 0.2) is 41.3 Å². The second kappa shape index (κ2) is 8.60. The van der Waals surface area contributed by atoms with E-state index in [4.69, 9.17) is 0 Å². The lowest BCUT2D eigenvalue weighted by atomic mass is 10.3. The smallest absolute Gasteiger partial charge is 0.243 e. The number of carbonyl (C=O) groups excluding carboxylic acids is 1. The lowest BCUT2D eigenvalue weighted by Crippen LogP contribution is -2.49. The van der Waals surface area contributed by atoms with E-state index in [9.17, 15) is 13.2 Å². The molecule has 0 radical (unpaired) electrons. The third-order valence-electron chi connectivity index (χ3n) is 5.22. The number of piperazine rings is 1. The van der Waals surface area contributed by atoms with Gasteiger partial charge in [0.05, 0.1) is 4.90 Å². The summed E-state index contributed by atoms with van der Waals surface area (Å²) in [5.74, 6) is 1.38. The lowest BCUT2D eigenvalue weighted by molar-refractivity contribution is -0.116. The molecule has 1 aliphatic rings. The molecule has 31 heavy (non-hydrogen) atoms. The topological polar surface area (TPSA) is 113 Å². The molecule has 1 amide bonds. The molecule has 0 aliphatic carbocycles. The monoisotopic (exact) mass is 443 g/mol. The van der Waals surface area contributed by atoms with Gasteiger partial charge < -0.3 is 10.2 Å².